The van der Waals surface area contributed by atoms with E-state index in [0.717, 1.165) is 0 Å². The maximum Gasteiger partial charge on any atom is 0.240 e. The molecule has 0 saturated carbocycles. The lowest BCUT2D eigenvalue weighted by atomic mass is 10.1. The first-order valence-electron chi connectivity index (χ1n) is 5.04. The summed E-state index contributed by atoms with van der Waals surface area (Å²) in [5.41, 5.74) is -0.306. The van der Waals surface area contributed by atoms with Crippen molar-refractivity contribution in [3.8, 4) is 0 Å². The van der Waals surface area contributed by atoms with Gasteiger partial charge in [-0.1, -0.05) is 27.7 Å². The monoisotopic (exact) mass is 188 g/mol. The van der Waals surface area contributed by atoms with Crippen LogP contribution in [-0.2, 0) is 4.79 Å². The third-order valence-electron chi connectivity index (χ3n) is 1.99. The molecule has 0 spiro atoms. The predicted molar refractivity (Wildman–Crippen MR) is 57.5 cm³/mol. The van der Waals surface area contributed by atoms with E-state index in [2.05, 4.69) is 5.32 Å². The van der Waals surface area contributed by atoms with Crippen molar-refractivity contribution in [1.82, 2.24) is 10.2 Å². The maximum atomic E-state index is 11.0. The lowest BCUT2D eigenvalue weighted by Crippen LogP contribution is -2.40. The zero-order valence-electron chi connectivity index (χ0n) is 10.1. The number of likely N-dealkylation sites (N-methyl/N-ethyl adjacent to an activating group) is 1. The highest BCUT2D eigenvalue weighted by atomic mass is 16.2. The van der Waals surface area contributed by atoms with Crippen LogP contribution in [0.4, 0.5) is 0 Å². The second-order valence-corrected chi connectivity index (χ2v) is 2.92. The Hall–Kier alpha value is -0.570. The standard InChI is InChI=1S/C6H12N2O.2C2H6/c1-6(2)5(9)7-4-8(6)3;2*1-2/h4H2,1-3H3,(H,7,9);2*1-2H3. The van der Waals surface area contributed by atoms with E-state index in [1.807, 2.05) is 53.5 Å². The average molecular weight is 188 g/mol. The fraction of sp³-hybridized carbons (Fsp3) is 0.900. The van der Waals surface area contributed by atoms with Gasteiger partial charge in [0.25, 0.3) is 0 Å². The zero-order chi connectivity index (χ0) is 11.1. The first-order chi connectivity index (χ1) is 6.05. The van der Waals surface area contributed by atoms with E-state index in [1.54, 1.807) is 0 Å². The second kappa shape index (κ2) is 6.89. The van der Waals surface area contributed by atoms with Gasteiger partial charge >= 0.3 is 0 Å². The first kappa shape index (κ1) is 14.9. The maximum absolute atomic E-state index is 11.0. The summed E-state index contributed by atoms with van der Waals surface area (Å²) in [6, 6.07) is 0. The molecule has 0 aromatic heterocycles. The van der Waals surface area contributed by atoms with Crippen LogP contribution in [-0.4, -0.2) is 30.1 Å². The lowest BCUT2D eigenvalue weighted by molar-refractivity contribution is -0.124. The topological polar surface area (TPSA) is 32.3 Å². The van der Waals surface area contributed by atoms with Crippen LogP contribution in [0.1, 0.15) is 41.5 Å². The number of hydrogen-bond donors (Lipinski definition) is 1. The van der Waals surface area contributed by atoms with Crippen LogP contribution < -0.4 is 5.32 Å². The van der Waals surface area contributed by atoms with Gasteiger partial charge in [-0.25, -0.2) is 0 Å². The SMILES string of the molecule is CC.CC.CN1CNC(=O)C1(C)C. The molecule has 3 nitrogen and oxygen atoms in total. The predicted octanol–water partition coefficient (Wildman–Crippen LogP) is 1.84. The summed E-state index contributed by atoms with van der Waals surface area (Å²) in [4.78, 5) is 12.9. The van der Waals surface area contributed by atoms with Gasteiger partial charge < -0.3 is 5.32 Å². The lowest BCUT2D eigenvalue weighted by Gasteiger charge is -2.22. The van der Waals surface area contributed by atoms with Crippen molar-refractivity contribution in [1.29, 1.82) is 0 Å². The van der Waals surface area contributed by atoms with Crippen molar-refractivity contribution in [2.75, 3.05) is 13.7 Å². The van der Waals surface area contributed by atoms with E-state index in [9.17, 15) is 4.79 Å². The summed E-state index contributed by atoms with van der Waals surface area (Å²) in [5, 5.41) is 2.75. The van der Waals surface area contributed by atoms with Crippen molar-refractivity contribution in [2.24, 2.45) is 0 Å². The molecule has 0 atom stereocenters. The number of amides is 1. The van der Waals surface area contributed by atoms with E-state index in [1.165, 1.54) is 0 Å². The summed E-state index contributed by atoms with van der Waals surface area (Å²) in [7, 11) is 1.93. The molecule has 0 aromatic rings. The molecule has 1 saturated heterocycles. The molecule has 1 heterocycles. The molecular weight excluding hydrogens is 164 g/mol. The third-order valence-corrected chi connectivity index (χ3v) is 1.99. The van der Waals surface area contributed by atoms with Gasteiger partial charge in [-0.3, -0.25) is 9.69 Å². The summed E-state index contributed by atoms with van der Waals surface area (Å²) >= 11 is 0. The molecule has 0 bridgehead atoms. The molecule has 1 fully saturated rings. The normalized spacial score (nSPS) is 19.2. The number of carbonyl (C=O) groups excluding carboxylic acids is 1. The molecule has 0 aromatic carbocycles. The summed E-state index contributed by atoms with van der Waals surface area (Å²) in [6.45, 7) is 12.5. The fourth-order valence-electron chi connectivity index (χ4n) is 0.778. The quantitative estimate of drug-likeness (QED) is 0.629. The van der Waals surface area contributed by atoms with Gasteiger partial charge in [0.2, 0.25) is 5.91 Å². The number of nitrogens with one attached hydrogen (secondary N) is 1. The van der Waals surface area contributed by atoms with Crippen LogP contribution in [0.2, 0.25) is 0 Å². The Bertz CT molecular complexity index is 144. The van der Waals surface area contributed by atoms with Crippen LogP contribution >= 0.6 is 0 Å². The molecular formula is C10H24N2O. The Morgan fingerprint density at radius 1 is 1.23 bits per heavy atom. The molecule has 0 aliphatic carbocycles. The van der Waals surface area contributed by atoms with Crippen LogP contribution in [0.5, 0.6) is 0 Å². The van der Waals surface area contributed by atoms with E-state index >= 15 is 0 Å². The van der Waals surface area contributed by atoms with Gasteiger partial charge in [-0.05, 0) is 20.9 Å². The summed E-state index contributed by atoms with van der Waals surface area (Å²) in [6.07, 6.45) is 0. The van der Waals surface area contributed by atoms with Gasteiger partial charge in [0.05, 0.1) is 12.2 Å². The fourth-order valence-corrected chi connectivity index (χ4v) is 0.778. The number of carbonyl (C=O) groups is 1. The van der Waals surface area contributed by atoms with Gasteiger partial charge in [0, 0.05) is 0 Å². The van der Waals surface area contributed by atoms with Crippen molar-refractivity contribution < 1.29 is 4.79 Å². The van der Waals surface area contributed by atoms with Gasteiger partial charge in [0.1, 0.15) is 0 Å². The molecule has 1 aliphatic rings. The van der Waals surface area contributed by atoms with Gasteiger partial charge in [0.15, 0.2) is 0 Å². The Morgan fingerprint density at radius 3 is 1.69 bits per heavy atom. The molecule has 1 N–H and O–H groups in total. The molecule has 1 rings (SSSR count). The Balaban J connectivity index is 0. The molecule has 3 heteroatoms. The average Bonchev–Trinajstić information content (AvgIpc) is 2.39. The highest BCUT2D eigenvalue weighted by Gasteiger charge is 2.37. The molecule has 80 valence electrons. The van der Waals surface area contributed by atoms with Crippen LogP contribution in [0.3, 0.4) is 0 Å². The van der Waals surface area contributed by atoms with E-state index in [0.29, 0.717) is 6.67 Å². The van der Waals surface area contributed by atoms with Crippen molar-refractivity contribution in [2.45, 2.75) is 47.1 Å². The van der Waals surface area contributed by atoms with Crippen LogP contribution in [0.15, 0.2) is 0 Å². The Labute approximate surface area is 82.5 Å². The molecule has 0 radical (unpaired) electrons. The molecule has 13 heavy (non-hydrogen) atoms. The van der Waals surface area contributed by atoms with Gasteiger partial charge in [-0.2, -0.15) is 0 Å². The van der Waals surface area contributed by atoms with E-state index < -0.39 is 0 Å². The minimum atomic E-state index is -0.306. The second-order valence-electron chi connectivity index (χ2n) is 2.92. The van der Waals surface area contributed by atoms with Crippen molar-refractivity contribution in [3.05, 3.63) is 0 Å². The minimum absolute atomic E-state index is 0.116. The summed E-state index contributed by atoms with van der Waals surface area (Å²) < 4.78 is 0. The van der Waals surface area contributed by atoms with Gasteiger partial charge in [-0.15, -0.1) is 0 Å². The Morgan fingerprint density at radius 2 is 1.62 bits per heavy atom. The minimum Gasteiger partial charge on any atom is -0.342 e. The Kier molecular flexibility index (Phi) is 7.92. The largest absolute Gasteiger partial charge is 0.342 e. The first-order valence-corrected chi connectivity index (χ1v) is 5.04. The summed E-state index contributed by atoms with van der Waals surface area (Å²) in [5.74, 6) is 0.116. The van der Waals surface area contributed by atoms with E-state index in [-0.39, 0.29) is 11.4 Å². The number of hydrogen-bond acceptors (Lipinski definition) is 2. The molecule has 1 amide bonds. The number of nitrogens with zero attached hydrogens (tertiary/aromatic N) is 1. The third kappa shape index (κ3) is 3.77. The number of rotatable bonds is 0. The highest BCUT2D eigenvalue weighted by Crippen LogP contribution is 2.15. The van der Waals surface area contributed by atoms with Crippen molar-refractivity contribution >= 4 is 5.91 Å². The molecule has 1 aliphatic heterocycles. The smallest absolute Gasteiger partial charge is 0.240 e. The van der Waals surface area contributed by atoms with Crippen LogP contribution in [0.25, 0.3) is 0 Å². The molecule has 0 unspecified atom stereocenters. The van der Waals surface area contributed by atoms with E-state index in [4.69, 9.17) is 0 Å². The zero-order valence-corrected chi connectivity index (χ0v) is 10.1. The van der Waals surface area contributed by atoms with Crippen LogP contribution in [0, 0.1) is 0 Å². The van der Waals surface area contributed by atoms with Crippen molar-refractivity contribution in [3.63, 3.8) is 0 Å². The highest BCUT2D eigenvalue weighted by molar-refractivity contribution is 5.87.